The van der Waals surface area contributed by atoms with E-state index in [-0.39, 0.29) is 5.41 Å². The number of carbonyl (C=O) groups is 1. The summed E-state index contributed by atoms with van der Waals surface area (Å²) in [6.07, 6.45) is 0.863. The molecule has 0 saturated carbocycles. The van der Waals surface area contributed by atoms with Gasteiger partial charge >= 0.3 is 0 Å². The first-order chi connectivity index (χ1) is 15.2. The van der Waals surface area contributed by atoms with Gasteiger partial charge in [-0.25, -0.2) is 0 Å². The van der Waals surface area contributed by atoms with Gasteiger partial charge in [-0.05, 0) is 17.5 Å². The van der Waals surface area contributed by atoms with Gasteiger partial charge in [0.1, 0.15) is 0 Å². The molecule has 1 N–H and O–H groups in total. The molecule has 164 valence electrons. The maximum absolute atomic E-state index is 13.3. The van der Waals surface area contributed by atoms with Crippen molar-refractivity contribution in [3.8, 4) is 0 Å². The number of nitrogens with zero attached hydrogens (tertiary/aromatic N) is 2. The molecule has 0 aliphatic carbocycles. The van der Waals surface area contributed by atoms with Crippen molar-refractivity contribution in [3.63, 3.8) is 0 Å². The van der Waals surface area contributed by atoms with Gasteiger partial charge in [0.15, 0.2) is 0 Å². The van der Waals surface area contributed by atoms with E-state index in [9.17, 15) is 4.79 Å². The highest BCUT2D eigenvalue weighted by Crippen LogP contribution is 2.36. The van der Waals surface area contributed by atoms with E-state index in [1.807, 2.05) is 0 Å². The fraction of sp³-hybridized carbons (Fsp3) is 0.500. The van der Waals surface area contributed by atoms with Crippen molar-refractivity contribution in [2.45, 2.75) is 31.3 Å². The third kappa shape index (κ3) is 3.79. The molecule has 2 aromatic rings. The van der Waals surface area contributed by atoms with Crippen LogP contribution in [0.15, 0.2) is 60.7 Å². The molecule has 3 heterocycles. The monoisotopic (exact) mass is 419 g/mol. The van der Waals surface area contributed by atoms with E-state index < -0.39 is 0 Å². The molecule has 0 radical (unpaired) electrons. The molecule has 31 heavy (non-hydrogen) atoms. The Kier molecular flexibility index (Phi) is 5.83. The Balaban J connectivity index is 1.39. The third-order valence-electron chi connectivity index (χ3n) is 7.56. The van der Waals surface area contributed by atoms with E-state index in [1.165, 1.54) is 11.1 Å². The van der Waals surface area contributed by atoms with Gasteiger partial charge in [0.25, 0.3) is 0 Å². The first-order valence-electron chi connectivity index (χ1n) is 11.7. The lowest BCUT2D eigenvalue weighted by molar-refractivity contribution is -0.176. The number of fused-ring (bicyclic) bond motifs is 1. The maximum atomic E-state index is 13.3. The minimum absolute atomic E-state index is 0.278. The standard InChI is InChI=1S/C26H33N3O2/c1-2-26(18-31-19-26)25(30)28-13-14-29-22(17-28)15-27-16-23(29)24(20-9-5-3-6-10-20)21-11-7-4-8-12-21/h3-12,22-24,27H,2,13-19H2,1H3/t22-,23+/m1/s1. The molecule has 0 unspecified atom stereocenters. The van der Waals surface area contributed by atoms with Crippen molar-refractivity contribution in [2.75, 3.05) is 45.9 Å². The third-order valence-corrected chi connectivity index (χ3v) is 7.56. The summed E-state index contributed by atoms with van der Waals surface area (Å²) in [5.41, 5.74) is 2.44. The van der Waals surface area contributed by atoms with Gasteiger partial charge in [-0.2, -0.15) is 0 Å². The SMILES string of the molecule is CCC1(C(=O)N2CCN3[C@H](CNC[C@H]3C(c3ccccc3)c3ccccc3)C2)COC1. The Morgan fingerprint density at radius 2 is 1.68 bits per heavy atom. The van der Waals surface area contributed by atoms with Crippen molar-refractivity contribution in [2.24, 2.45) is 5.41 Å². The van der Waals surface area contributed by atoms with E-state index in [4.69, 9.17) is 4.74 Å². The average molecular weight is 420 g/mol. The van der Waals surface area contributed by atoms with Crippen molar-refractivity contribution in [3.05, 3.63) is 71.8 Å². The zero-order chi connectivity index (χ0) is 21.3. The van der Waals surface area contributed by atoms with E-state index in [0.29, 0.717) is 37.1 Å². The lowest BCUT2D eigenvalue weighted by Crippen LogP contribution is -2.68. The largest absolute Gasteiger partial charge is 0.379 e. The summed E-state index contributed by atoms with van der Waals surface area (Å²) in [4.78, 5) is 18.0. The summed E-state index contributed by atoms with van der Waals surface area (Å²) in [5, 5.41) is 3.69. The molecule has 5 heteroatoms. The predicted octanol–water partition coefficient (Wildman–Crippen LogP) is 2.73. The van der Waals surface area contributed by atoms with Crippen molar-refractivity contribution >= 4 is 5.91 Å². The molecule has 0 bridgehead atoms. The van der Waals surface area contributed by atoms with Gasteiger partial charge in [-0.1, -0.05) is 67.6 Å². The molecule has 5 nitrogen and oxygen atoms in total. The minimum Gasteiger partial charge on any atom is -0.379 e. The molecule has 2 aromatic carbocycles. The van der Waals surface area contributed by atoms with E-state index in [0.717, 1.165) is 39.1 Å². The first-order valence-corrected chi connectivity index (χ1v) is 11.7. The van der Waals surface area contributed by atoms with Crippen LogP contribution in [0.2, 0.25) is 0 Å². The molecular formula is C26H33N3O2. The number of ether oxygens (including phenoxy) is 1. The minimum atomic E-state index is -0.278. The van der Waals surface area contributed by atoms with Crippen LogP contribution in [0.25, 0.3) is 0 Å². The molecule has 3 saturated heterocycles. The van der Waals surface area contributed by atoms with Gasteiger partial charge in [0.05, 0.1) is 18.6 Å². The van der Waals surface area contributed by atoms with Crippen LogP contribution in [-0.2, 0) is 9.53 Å². The molecule has 0 spiro atoms. The Morgan fingerprint density at radius 3 is 2.23 bits per heavy atom. The summed E-state index contributed by atoms with van der Waals surface area (Å²) in [6.45, 7) is 7.72. The van der Waals surface area contributed by atoms with Gasteiger partial charge < -0.3 is 15.0 Å². The lowest BCUT2D eigenvalue weighted by atomic mass is 9.80. The molecule has 2 atom stereocenters. The Bertz CT molecular complexity index is 839. The summed E-state index contributed by atoms with van der Waals surface area (Å²) in [7, 11) is 0. The van der Waals surface area contributed by atoms with Crippen LogP contribution in [0, 0.1) is 5.41 Å². The van der Waals surface area contributed by atoms with Crippen LogP contribution < -0.4 is 5.32 Å². The van der Waals surface area contributed by atoms with Gasteiger partial charge in [-0.3, -0.25) is 9.69 Å². The average Bonchev–Trinajstić information content (AvgIpc) is 2.80. The fourth-order valence-corrected chi connectivity index (χ4v) is 5.62. The zero-order valence-corrected chi connectivity index (χ0v) is 18.4. The Labute approximate surface area is 185 Å². The highest BCUT2D eigenvalue weighted by atomic mass is 16.5. The van der Waals surface area contributed by atoms with E-state index >= 15 is 0 Å². The molecular weight excluding hydrogens is 386 g/mol. The fourth-order valence-electron chi connectivity index (χ4n) is 5.62. The van der Waals surface area contributed by atoms with E-state index in [2.05, 4.69) is 82.7 Å². The second-order valence-electron chi connectivity index (χ2n) is 9.29. The second-order valence-corrected chi connectivity index (χ2v) is 9.29. The Morgan fingerprint density at radius 1 is 1.03 bits per heavy atom. The molecule has 0 aromatic heterocycles. The quantitative estimate of drug-likeness (QED) is 0.810. The van der Waals surface area contributed by atoms with E-state index in [1.54, 1.807) is 0 Å². The van der Waals surface area contributed by atoms with Gasteiger partial charge in [-0.15, -0.1) is 0 Å². The van der Waals surface area contributed by atoms with Gasteiger partial charge in [0.2, 0.25) is 5.91 Å². The number of nitrogens with one attached hydrogen (secondary N) is 1. The highest BCUT2D eigenvalue weighted by Gasteiger charge is 2.48. The highest BCUT2D eigenvalue weighted by molar-refractivity contribution is 5.84. The van der Waals surface area contributed by atoms with Crippen molar-refractivity contribution in [1.82, 2.24) is 15.1 Å². The molecule has 3 fully saturated rings. The lowest BCUT2D eigenvalue weighted by Gasteiger charge is -2.52. The number of piperazine rings is 2. The summed E-state index contributed by atoms with van der Waals surface area (Å²) >= 11 is 0. The normalized spacial score (nSPS) is 25.7. The van der Waals surface area contributed by atoms with Gasteiger partial charge in [0, 0.05) is 50.7 Å². The van der Waals surface area contributed by atoms with Crippen LogP contribution >= 0.6 is 0 Å². The summed E-state index contributed by atoms with van der Waals surface area (Å²) in [5.74, 6) is 0.604. The van der Waals surface area contributed by atoms with Crippen LogP contribution in [0.4, 0.5) is 0 Å². The van der Waals surface area contributed by atoms with Crippen molar-refractivity contribution < 1.29 is 9.53 Å². The van der Waals surface area contributed by atoms with Crippen LogP contribution in [0.5, 0.6) is 0 Å². The predicted molar refractivity (Wildman–Crippen MR) is 122 cm³/mol. The number of amides is 1. The number of benzene rings is 2. The zero-order valence-electron chi connectivity index (χ0n) is 18.4. The topological polar surface area (TPSA) is 44.8 Å². The summed E-state index contributed by atoms with van der Waals surface area (Å²) in [6, 6.07) is 22.5. The number of hydrogen-bond acceptors (Lipinski definition) is 4. The van der Waals surface area contributed by atoms with Crippen LogP contribution in [-0.4, -0.2) is 73.7 Å². The van der Waals surface area contributed by atoms with Crippen molar-refractivity contribution in [1.29, 1.82) is 0 Å². The molecule has 3 aliphatic heterocycles. The Hall–Kier alpha value is -2.21. The summed E-state index contributed by atoms with van der Waals surface area (Å²) < 4.78 is 5.42. The molecule has 5 rings (SSSR count). The first kappa shape index (κ1) is 20.7. The molecule has 1 amide bonds. The maximum Gasteiger partial charge on any atom is 0.233 e. The smallest absolute Gasteiger partial charge is 0.233 e. The number of carbonyl (C=O) groups excluding carboxylic acids is 1. The number of hydrogen-bond donors (Lipinski definition) is 1. The number of rotatable bonds is 5. The second kappa shape index (κ2) is 8.73. The van der Waals surface area contributed by atoms with Crippen LogP contribution in [0.1, 0.15) is 30.4 Å². The molecule has 3 aliphatic rings. The van der Waals surface area contributed by atoms with Crippen LogP contribution in [0.3, 0.4) is 0 Å².